The number of carbonyl (C=O) groups is 1. The van der Waals surface area contributed by atoms with Crippen LogP contribution in [0.25, 0.3) is 33.7 Å². The molecule has 0 atom stereocenters. The van der Waals surface area contributed by atoms with Gasteiger partial charge in [0.05, 0.1) is 22.4 Å². The van der Waals surface area contributed by atoms with Crippen molar-refractivity contribution in [2.45, 2.75) is 6.61 Å². The third kappa shape index (κ3) is 4.19. The van der Waals surface area contributed by atoms with E-state index in [1.54, 1.807) is 36.8 Å². The number of aldehydes is 1. The highest BCUT2D eigenvalue weighted by atomic mass is 35.5. The molecule has 0 aliphatic carbocycles. The number of pyridine rings is 3. The number of fused-ring (bicyclic) bond motifs is 1. The zero-order chi connectivity index (χ0) is 21.9. The molecule has 0 amide bonds. The van der Waals surface area contributed by atoms with E-state index in [9.17, 15) is 4.79 Å². The zero-order valence-corrected chi connectivity index (χ0v) is 17.5. The van der Waals surface area contributed by atoms with Crippen molar-refractivity contribution in [2.24, 2.45) is 0 Å². The zero-order valence-electron chi connectivity index (χ0n) is 16.7. The Labute approximate surface area is 188 Å². The molecule has 1 aromatic carbocycles. The number of nitrogens with one attached hydrogen (secondary N) is 1. The lowest BCUT2D eigenvalue weighted by Gasteiger charge is -2.06. The summed E-state index contributed by atoms with van der Waals surface area (Å²) in [5, 5.41) is 0.659. The summed E-state index contributed by atoms with van der Waals surface area (Å²) in [5.74, 6) is 1.19. The molecule has 8 heteroatoms. The summed E-state index contributed by atoms with van der Waals surface area (Å²) < 4.78 is 5.66. The Bertz CT molecular complexity index is 1400. The molecule has 7 nitrogen and oxygen atoms in total. The SMILES string of the molecule is O=Cc1ccnc(COc2ccc(-c3ccc(-c4nc5ccc(Cl)cc5[nH]4)cn3)cn2)c1. The minimum atomic E-state index is 0.226. The number of carbonyl (C=O) groups excluding carboxylic acids is 1. The molecule has 1 N–H and O–H groups in total. The second kappa shape index (κ2) is 8.56. The molecule has 0 unspecified atom stereocenters. The first-order valence-electron chi connectivity index (χ1n) is 9.79. The van der Waals surface area contributed by atoms with E-state index in [2.05, 4.69) is 24.9 Å². The molecule has 0 fully saturated rings. The average molecular weight is 442 g/mol. The number of benzene rings is 1. The second-order valence-electron chi connectivity index (χ2n) is 7.05. The fourth-order valence-electron chi connectivity index (χ4n) is 3.24. The summed E-state index contributed by atoms with van der Waals surface area (Å²) >= 11 is 6.05. The van der Waals surface area contributed by atoms with E-state index >= 15 is 0 Å². The van der Waals surface area contributed by atoms with Crippen molar-refractivity contribution < 1.29 is 9.53 Å². The lowest BCUT2D eigenvalue weighted by molar-refractivity contribution is 0.112. The van der Waals surface area contributed by atoms with Gasteiger partial charge in [-0.3, -0.25) is 14.8 Å². The molecule has 0 aliphatic rings. The third-order valence-electron chi connectivity index (χ3n) is 4.86. The van der Waals surface area contributed by atoms with Crippen LogP contribution in [0.1, 0.15) is 16.1 Å². The molecule has 0 bridgehead atoms. The summed E-state index contributed by atoms with van der Waals surface area (Å²) in [6, 6.07) is 16.4. The van der Waals surface area contributed by atoms with Gasteiger partial charge in [0.2, 0.25) is 5.88 Å². The Kier molecular flexibility index (Phi) is 5.31. The monoisotopic (exact) mass is 441 g/mol. The molecule has 4 aromatic heterocycles. The van der Waals surface area contributed by atoms with Crippen LogP contribution >= 0.6 is 11.6 Å². The Morgan fingerprint density at radius 2 is 1.81 bits per heavy atom. The first-order chi connectivity index (χ1) is 15.7. The summed E-state index contributed by atoms with van der Waals surface area (Å²) in [5.41, 5.74) is 5.46. The smallest absolute Gasteiger partial charge is 0.213 e. The summed E-state index contributed by atoms with van der Waals surface area (Å²) in [7, 11) is 0. The van der Waals surface area contributed by atoms with Gasteiger partial charge >= 0.3 is 0 Å². The van der Waals surface area contributed by atoms with Gasteiger partial charge in [-0.1, -0.05) is 11.6 Å². The van der Waals surface area contributed by atoms with Crippen molar-refractivity contribution >= 4 is 28.9 Å². The van der Waals surface area contributed by atoms with Crippen LogP contribution in [0.2, 0.25) is 5.02 Å². The quantitative estimate of drug-likeness (QED) is 0.367. The van der Waals surface area contributed by atoms with Crippen LogP contribution in [-0.4, -0.2) is 31.2 Å². The number of hydrogen-bond donors (Lipinski definition) is 1. The van der Waals surface area contributed by atoms with Crippen molar-refractivity contribution in [1.29, 1.82) is 0 Å². The van der Waals surface area contributed by atoms with Gasteiger partial charge in [-0.15, -0.1) is 0 Å². The predicted molar refractivity (Wildman–Crippen MR) is 122 cm³/mol. The maximum absolute atomic E-state index is 10.9. The van der Waals surface area contributed by atoms with Crippen molar-refractivity contribution in [3.63, 3.8) is 0 Å². The molecule has 5 rings (SSSR count). The van der Waals surface area contributed by atoms with Crippen LogP contribution in [0.3, 0.4) is 0 Å². The van der Waals surface area contributed by atoms with Crippen molar-refractivity contribution in [1.82, 2.24) is 24.9 Å². The first-order valence-corrected chi connectivity index (χ1v) is 10.2. The summed E-state index contributed by atoms with van der Waals surface area (Å²) in [4.78, 5) is 31.8. The largest absolute Gasteiger partial charge is 0.471 e. The molecule has 156 valence electrons. The molecule has 32 heavy (non-hydrogen) atoms. The van der Waals surface area contributed by atoms with E-state index in [1.165, 1.54) is 0 Å². The number of halogens is 1. The van der Waals surface area contributed by atoms with E-state index in [4.69, 9.17) is 16.3 Å². The second-order valence-corrected chi connectivity index (χ2v) is 7.49. The van der Waals surface area contributed by atoms with Crippen LogP contribution in [0.5, 0.6) is 5.88 Å². The topological polar surface area (TPSA) is 93.7 Å². The molecular weight excluding hydrogens is 426 g/mol. The predicted octanol–water partition coefficient (Wildman–Crippen LogP) is 5.13. The molecule has 0 radical (unpaired) electrons. The number of imidazole rings is 1. The van der Waals surface area contributed by atoms with Crippen LogP contribution < -0.4 is 4.74 Å². The standard InChI is InChI=1S/C24H16ClN5O2/c25-18-3-5-21-22(10-18)30-24(29-21)17-1-4-20(27-12-17)16-2-6-23(28-11-16)32-14-19-9-15(13-31)7-8-26-19/h1-13H,14H2,(H,29,30). The number of H-pyrrole nitrogens is 1. The molecule has 5 aromatic rings. The van der Waals surface area contributed by atoms with E-state index < -0.39 is 0 Å². The van der Waals surface area contributed by atoms with Gasteiger partial charge in [0.15, 0.2) is 0 Å². The number of rotatable bonds is 6. The van der Waals surface area contributed by atoms with Gasteiger partial charge in [0, 0.05) is 46.4 Å². The fourth-order valence-corrected chi connectivity index (χ4v) is 3.41. The normalized spacial score (nSPS) is 10.9. The Balaban J connectivity index is 1.28. The molecule has 0 spiro atoms. The van der Waals surface area contributed by atoms with Gasteiger partial charge < -0.3 is 9.72 Å². The Hall–Kier alpha value is -4.10. The minimum Gasteiger partial charge on any atom is -0.471 e. The average Bonchev–Trinajstić information content (AvgIpc) is 3.26. The molecule has 4 heterocycles. The van der Waals surface area contributed by atoms with E-state index in [0.717, 1.165) is 40.0 Å². The highest BCUT2D eigenvalue weighted by Gasteiger charge is 2.08. The van der Waals surface area contributed by atoms with Crippen molar-refractivity contribution in [3.05, 3.63) is 89.5 Å². The molecule has 0 aliphatic heterocycles. The fraction of sp³-hybridized carbons (Fsp3) is 0.0417. The van der Waals surface area contributed by atoms with Gasteiger partial charge in [0.1, 0.15) is 18.7 Å². The third-order valence-corrected chi connectivity index (χ3v) is 5.09. The molecular formula is C24H16ClN5O2. The number of aromatic nitrogens is 5. The summed E-state index contributed by atoms with van der Waals surface area (Å²) in [6.07, 6.45) is 5.83. The lowest BCUT2D eigenvalue weighted by Crippen LogP contribution is -2.00. The Morgan fingerprint density at radius 3 is 2.59 bits per heavy atom. The highest BCUT2D eigenvalue weighted by molar-refractivity contribution is 6.31. The number of hydrogen-bond acceptors (Lipinski definition) is 6. The van der Waals surface area contributed by atoms with Gasteiger partial charge in [-0.2, -0.15) is 0 Å². The Morgan fingerprint density at radius 1 is 0.938 bits per heavy atom. The van der Waals surface area contributed by atoms with Crippen molar-refractivity contribution in [2.75, 3.05) is 0 Å². The first kappa shape index (κ1) is 19.8. The van der Waals surface area contributed by atoms with Gasteiger partial charge in [-0.25, -0.2) is 9.97 Å². The van der Waals surface area contributed by atoms with Crippen LogP contribution in [0, 0.1) is 0 Å². The summed E-state index contributed by atoms with van der Waals surface area (Å²) in [6.45, 7) is 0.226. The maximum Gasteiger partial charge on any atom is 0.213 e. The minimum absolute atomic E-state index is 0.226. The van der Waals surface area contributed by atoms with Gasteiger partial charge in [-0.05, 0) is 48.5 Å². The molecule has 0 saturated carbocycles. The number of ether oxygens (including phenoxy) is 1. The number of nitrogens with zero attached hydrogens (tertiary/aromatic N) is 4. The van der Waals surface area contributed by atoms with E-state index in [1.807, 2.05) is 36.4 Å². The van der Waals surface area contributed by atoms with Crippen LogP contribution in [0.15, 0.2) is 73.2 Å². The van der Waals surface area contributed by atoms with Crippen molar-refractivity contribution in [3.8, 4) is 28.5 Å². The van der Waals surface area contributed by atoms with E-state index in [-0.39, 0.29) is 6.61 Å². The lowest BCUT2D eigenvalue weighted by atomic mass is 10.1. The van der Waals surface area contributed by atoms with Gasteiger partial charge in [0.25, 0.3) is 0 Å². The highest BCUT2D eigenvalue weighted by Crippen LogP contribution is 2.25. The molecule has 0 saturated heterocycles. The number of aromatic amines is 1. The van der Waals surface area contributed by atoms with E-state index in [0.29, 0.717) is 22.2 Å². The maximum atomic E-state index is 10.9. The van der Waals surface area contributed by atoms with Crippen LogP contribution in [0.4, 0.5) is 0 Å². The van der Waals surface area contributed by atoms with Crippen LogP contribution in [-0.2, 0) is 6.61 Å².